The zero-order valence-corrected chi connectivity index (χ0v) is 17.5. The Morgan fingerprint density at radius 2 is 1.93 bits per heavy atom. The van der Waals surface area contributed by atoms with Crippen LogP contribution in [0.3, 0.4) is 0 Å². The minimum atomic E-state index is -3.76. The van der Waals surface area contributed by atoms with Crippen LogP contribution in [-0.4, -0.2) is 32.2 Å². The number of anilines is 1. The highest BCUT2D eigenvalue weighted by molar-refractivity contribution is 7.92. The lowest BCUT2D eigenvalue weighted by atomic mass is 10.1. The first kappa shape index (κ1) is 20.3. The average Bonchev–Trinajstić information content (AvgIpc) is 3.09. The monoisotopic (exact) mass is 436 g/mol. The highest BCUT2D eigenvalue weighted by Gasteiger charge is 2.20. The van der Waals surface area contributed by atoms with Gasteiger partial charge in [-0.15, -0.1) is 11.3 Å². The van der Waals surface area contributed by atoms with E-state index in [1.807, 2.05) is 25.1 Å². The van der Waals surface area contributed by atoms with Gasteiger partial charge in [-0.1, -0.05) is 11.6 Å². The molecule has 0 unspecified atom stereocenters. The molecule has 0 saturated heterocycles. The standard InChI is InChI=1S/C19H17ClN2O4S2/c1-12-9-13(3-8-17(12)26-2)16-10-27-19(21-16)22-18(23)11-28(24,25)15-6-4-14(20)5-7-15/h3-10H,11H2,1-2H3,(H,21,22,23). The molecule has 0 aliphatic rings. The lowest BCUT2D eigenvalue weighted by Gasteiger charge is -2.06. The first-order valence-electron chi connectivity index (χ1n) is 8.17. The molecule has 28 heavy (non-hydrogen) atoms. The molecule has 9 heteroatoms. The second-order valence-corrected chi connectivity index (χ2v) is 9.27. The third kappa shape index (κ3) is 4.70. The Labute approximate surface area is 172 Å². The normalized spacial score (nSPS) is 11.2. The van der Waals surface area contributed by atoms with Gasteiger partial charge in [-0.3, -0.25) is 4.79 Å². The fourth-order valence-electron chi connectivity index (χ4n) is 2.55. The van der Waals surface area contributed by atoms with Crippen LogP contribution in [0.2, 0.25) is 5.02 Å². The summed E-state index contributed by atoms with van der Waals surface area (Å²) in [6.45, 7) is 1.93. The van der Waals surface area contributed by atoms with Crippen LogP contribution in [0.5, 0.6) is 5.75 Å². The van der Waals surface area contributed by atoms with Gasteiger partial charge in [-0.05, 0) is 55.0 Å². The molecule has 0 aliphatic carbocycles. The maximum atomic E-state index is 12.3. The van der Waals surface area contributed by atoms with Crippen molar-refractivity contribution in [2.24, 2.45) is 0 Å². The Balaban J connectivity index is 1.70. The molecule has 3 rings (SSSR count). The van der Waals surface area contributed by atoms with Gasteiger partial charge in [-0.2, -0.15) is 0 Å². The molecular formula is C19H17ClN2O4S2. The number of benzene rings is 2. The van der Waals surface area contributed by atoms with Gasteiger partial charge in [0.1, 0.15) is 11.5 Å². The van der Waals surface area contributed by atoms with Crippen molar-refractivity contribution < 1.29 is 17.9 Å². The summed E-state index contributed by atoms with van der Waals surface area (Å²) < 4.78 is 29.9. The number of halogens is 1. The van der Waals surface area contributed by atoms with E-state index in [0.29, 0.717) is 15.8 Å². The van der Waals surface area contributed by atoms with Crippen LogP contribution in [0.25, 0.3) is 11.3 Å². The number of carbonyl (C=O) groups excluding carboxylic acids is 1. The number of nitrogens with zero attached hydrogens (tertiary/aromatic N) is 1. The summed E-state index contributed by atoms with van der Waals surface area (Å²) in [6, 6.07) is 11.3. The SMILES string of the molecule is COc1ccc(-c2csc(NC(=O)CS(=O)(=O)c3ccc(Cl)cc3)n2)cc1C. The Kier molecular flexibility index (Phi) is 6.02. The lowest BCUT2D eigenvalue weighted by Crippen LogP contribution is -2.22. The molecule has 1 amide bonds. The molecule has 0 spiro atoms. The third-order valence-corrected chi connectivity index (χ3v) is 6.58. The molecule has 146 valence electrons. The lowest BCUT2D eigenvalue weighted by molar-refractivity contribution is -0.113. The number of carbonyl (C=O) groups is 1. The molecule has 0 radical (unpaired) electrons. The van der Waals surface area contributed by atoms with Crippen molar-refractivity contribution in [3.05, 3.63) is 58.4 Å². The molecule has 0 bridgehead atoms. The number of ether oxygens (including phenoxy) is 1. The molecule has 1 N–H and O–H groups in total. The van der Waals surface area contributed by atoms with Crippen LogP contribution >= 0.6 is 22.9 Å². The van der Waals surface area contributed by atoms with Gasteiger partial charge in [-0.25, -0.2) is 13.4 Å². The van der Waals surface area contributed by atoms with Crippen LogP contribution in [0.15, 0.2) is 52.7 Å². The molecule has 0 saturated carbocycles. The van der Waals surface area contributed by atoms with Gasteiger partial charge in [0, 0.05) is 16.0 Å². The summed E-state index contributed by atoms with van der Waals surface area (Å²) in [6.07, 6.45) is 0. The van der Waals surface area contributed by atoms with Crippen LogP contribution in [0, 0.1) is 6.92 Å². The smallest absolute Gasteiger partial charge is 0.241 e. The van der Waals surface area contributed by atoms with Crippen LogP contribution in [-0.2, 0) is 14.6 Å². The summed E-state index contributed by atoms with van der Waals surface area (Å²) in [7, 11) is -2.16. The Hall–Kier alpha value is -2.42. The van der Waals surface area contributed by atoms with E-state index in [1.54, 1.807) is 12.5 Å². The van der Waals surface area contributed by atoms with Crippen LogP contribution in [0.1, 0.15) is 5.56 Å². The Morgan fingerprint density at radius 3 is 2.57 bits per heavy atom. The van der Waals surface area contributed by atoms with Gasteiger partial charge in [0.25, 0.3) is 0 Å². The van der Waals surface area contributed by atoms with E-state index in [2.05, 4.69) is 10.3 Å². The Bertz CT molecular complexity index is 1110. The first-order chi connectivity index (χ1) is 13.3. The maximum absolute atomic E-state index is 12.3. The van der Waals surface area contributed by atoms with Gasteiger partial charge in [0.2, 0.25) is 5.91 Å². The predicted octanol–water partition coefficient (Wildman–Crippen LogP) is 4.19. The summed E-state index contributed by atoms with van der Waals surface area (Å²) in [5, 5.41) is 5.10. The zero-order chi connectivity index (χ0) is 20.3. The number of hydrogen-bond donors (Lipinski definition) is 1. The van der Waals surface area contributed by atoms with E-state index in [-0.39, 0.29) is 4.90 Å². The van der Waals surface area contributed by atoms with E-state index >= 15 is 0 Å². The van der Waals surface area contributed by atoms with Crippen LogP contribution in [0.4, 0.5) is 5.13 Å². The maximum Gasteiger partial charge on any atom is 0.241 e. The second kappa shape index (κ2) is 8.30. The number of nitrogens with one attached hydrogen (secondary N) is 1. The minimum Gasteiger partial charge on any atom is -0.496 e. The molecule has 1 aromatic heterocycles. The van der Waals surface area contributed by atoms with Crippen molar-refractivity contribution in [2.45, 2.75) is 11.8 Å². The molecule has 0 aliphatic heterocycles. The minimum absolute atomic E-state index is 0.0422. The highest BCUT2D eigenvalue weighted by atomic mass is 35.5. The number of sulfone groups is 1. The van der Waals surface area contributed by atoms with Gasteiger partial charge >= 0.3 is 0 Å². The number of hydrogen-bond acceptors (Lipinski definition) is 6. The molecule has 0 atom stereocenters. The second-order valence-electron chi connectivity index (χ2n) is 5.98. The zero-order valence-electron chi connectivity index (χ0n) is 15.1. The van der Waals surface area contributed by atoms with Crippen molar-refractivity contribution in [3.8, 4) is 17.0 Å². The molecule has 0 fully saturated rings. The van der Waals surface area contributed by atoms with E-state index in [0.717, 1.165) is 16.9 Å². The fraction of sp³-hybridized carbons (Fsp3) is 0.158. The topological polar surface area (TPSA) is 85.4 Å². The summed E-state index contributed by atoms with van der Waals surface area (Å²) in [5.74, 6) is -0.549. The van der Waals surface area contributed by atoms with Gasteiger partial charge < -0.3 is 10.1 Å². The number of methoxy groups -OCH3 is 1. The van der Waals surface area contributed by atoms with E-state index < -0.39 is 21.5 Å². The molecule has 1 heterocycles. The van der Waals surface area contributed by atoms with Gasteiger partial charge in [0.15, 0.2) is 15.0 Å². The van der Waals surface area contributed by atoms with Crippen molar-refractivity contribution in [1.82, 2.24) is 4.98 Å². The summed E-state index contributed by atoms with van der Waals surface area (Å²) in [4.78, 5) is 16.6. The number of aromatic nitrogens is 1. The number of thiazole rings is 1. The first-order valence-corrected chi connectivity index (χ1v) is 11.1. The molecule has 2 aromatic carbocycles. The van der Waals surface area contributed by atoms with Crippen molar-refractivity contribution >= 4 is 43.8 Å². The highest BCUT2D eigenvalue weighted by Crippen LogP contribution is 2.28. The number of amides is 1. The van der Waals surface area contributed by atoms with E-state index in [9.17, 15) is 13.2 Å². The van der Waals surface area contributed by atoms with Crippen molar-refractivity contribution in [3.63, 3.8) is 0 Å². The third-order valence-electron chi connectivity index (χ3n) is 3.94. The molecule has 3 aromatic rings. The largest absolute Gasteiger partial charge is 0.496 e. The van der Waals surface area contributed by atoms with Crippen molar-refractivity contribution in [1.29, 1.82) is 0 Å². The van der Waals surface area contributed by atoms with E-state index in [1.165, 1.54) is 35.6 Å². The number of rotatable bonds is 6. The van der Waals surface area contributed by atoms with E-state index in [4.69, 9.17) is 16.3 Å². The Morgan fingerprint density at radius 1 is 1.21 bits per heavy atom. The average molecular weight is 437 g/mol. The molecule has 6 nitrogen and oxygen atoms in total. The van der Waals surface area contributed by atoms with Crippen LogP contribution < -0.4 is 10.1 Å². The fourth-order valence-corrected chi connectivity index (χ4v) is 4.55. The summed E-state index contributed by atoms with van der Waals surface area (Å²) in [5.41, 5.74) is 2.53. The van der Waals surface area contributed by atoms with Crippen molar-refractivity contribution in [2.75, 3.05) is 18.2 Å². The predicted molar refractivity (Wildman–Crippen MR) is 111 cm³/mol. The summed E-state index contributed by atoms with van der Waals surface area (Å²) >= 11 is 6.99. The molecular weight excluding hydrogens is 420 g/mol. The number of aryl methyl sites for hydroxylation is 1. The quantitative estimate of drug-likeness (QED) is 0.626. The van der Waals surface area contributed by atoms with Gasteiger partial charge in [0.05, 0.1) is 17.7 Å².